The molecule has 1 unspecified atom stereocenters. The van der Waals surface area contributed by atoms with Gasteiger partial charge in [-0.1, -0.05) is 34.1 Å². The van der Waals surface area contributed by atoms with Gasteiger partial charge in [0.1, 0.15) is 11.5 Å². The minimum atomic E-state index is -0.0689. The van der Waals surface area contributed by atoms with Gasteiger partial charge in [0, 0.05) is 16.8 Å². The number of Topliss-reactive ketones (excluding diaryl/α,β-unsaturated/α-hetero) is 1. The zero-order chi connectivity index (χ0) is 18.9. The number of benzene rings is 2. The fourth-order valence-electron chi connectivity index (χ4n) is 3.11. The second-order valence-corrected chi connectivity index (χ2v) is 6.70. The van der Waals surface area contributed by atoms with E-state index in [1.54, 1.807) is 20.3 Å². The molecule has 3 nitrogen and oxygen atoms in total. The Morgan fingerprint density at radius 3 is 2.31 bits per heavy atom. The molecule has 138 valence electrons. The van der Waals surface area contributed by atoms with Crippen LogP contribution in [0, 0.1) is 0 Å². The van der Waals surface area contributed by atoms with E-state index in [2.05, 4.69) is 22.5 Å². The highest BCUT2D eigenvalue weighted by atomic mass is 79.9. The number of hydrogen-bond donors (Lipinski definition) is 0. The van der Waals surface area contributed by atoms with Crippen molar-refractivity contribution in [3.8, 4) is 11.5 Å². The Hall–Kier alpha value is -2.07. The van der Waals surface area contributed by atoms with Crippen LogP contribution in [0.3, 0.4) is 0 Å². The molecule has 0 fully saturated rings. The van der Waals surface area contributed by atoms with E-state index in [-0.39, 0.29) is 11.7 Å². The molecular formula is C22H25BrO3. The average molecular weight is 417 g/mol. The van der Waals surface area contributed by atoms with Crippen molar-refractivity contribution in [1.29, 1.82) is 0 Å². The first kappa shape index (κ1) is 20.2. The van der Waals surface area contributed by atoms with Crippen LogP contribution in [0.2, 0.25) is 0 Å². The van der Waals surface area contributed by atoms with Crippen molar-refractivity contribution in [3.63, 3.8) is 0 Å². The van der Waals surface area contributed by atoms with Crippen LogP contribution >= 0.6 is 15.9 Å². The summed E-state index contributed by atoms with van der Waals surface area (Å²) < 4.78 is 10.5. The maximum Gasteiger partial charge on any atom is 0.170 e. The molecule has 1 aliphatic rings. The molecule has 1 aliphatic carbocycles. The van der Waals surface area contributed by atoms with Gasteiger partial charge in [-0.25, -0.2) is 0 Å². The SMILES string of the molecule is C=CCBr.COc1ccc(C2CCCc3cc(OC)ccc3C2=O)cc1. The maximum atomic E-state index is 12.9. The Labute approximate surface area is 164 Å². The number of allylic oxidation sites excluding steroid dienone is 1. The molecule has 4 heteroatoms. The quantitative estimate of drug-likeness (QED) is 0.371. The molecule has 0 amide bonds. The summed E-state index contributed by atoms with van der Waals surface area (Å²) in [6, 6.07) is 13.6. The predicted octanol–water partition coefficient (Wildman–Crippen LogP) is 5.57. The van der Waals surface area contributed by atoms with Gasteiger partial charge in [-0.05, 0) is 60.7 Å². The van der Waals surface area contributed by atoms with E-state index in [4.69, 9.17) is 9.47 Å². The number of halogens is 1. The summed E-state index contributed by atoms with van der Waals surface area (Å²) in [5, 5.41) is 0.896. The first-order valence-corrected chi connectivity index (χ1v) is 9.78. The number of ketones is 1. The van der Waals surface area contributed by atoms with Crippen molar-refractivity contribution in [2.45, 2.75) is 25.2 Å². The van der Waals surface area contributed by atoms with Crippen molar-refractivity contribution in [2.24, 2.45) is 0 Å². The van der Waals surface area contributed by atoms with E-state index in [0.29, 0.717) is 0 Å². The zero-order valence-electron chi connectivity index (χ0n) is 15.3. The number of carbonyl (C=O) groups excluding carboxylic acids is 1. The number of fused-ring (bicyclic) bond motifs is 1. The lowest BCUT2D eigenvalue weighted by molar-refractivity contribution is 0.0957. The van der Waals surface area contributed by atoms with Gasteiger partial charge >= 0.3 is 0 Å². The topological polar surface area (TPSA) is 35.5 Å². The van der Waals surface area contributed by atoms with Crippen LogP contribution in [0.15, 0.2) is 55.1 Å². The number of aryl methyl sites for hydroxylation is 1. The molecule has 26 heavy (non-hydrogen) atoms. The van der Waals surface area contributed by atoms with E-state index < -0.39 is 0 Å². The van der Waals surface area contributed by atoms with E-state index in [9.17, 15) is 4.79 Å². The Morgan fingerprint density at radius 2 is 1.73 bits per heavy atom. The third kappa shape index (κ3) is 4.98. The Balaban J connectivity index is 0.000000552. The first-order chi connectivity index (χ1) is 12.6. The van der Waals surface area contributed by atoms with Gasteiger partial charge in [0.15, 0.2) is 5.78 Å². The van der Waals surface area contributed by atoms with Gasteiger partial charge in [0.25, 0.3) is 0 Å². The molecule has 0 bridgehead atoms. The number of methoxy groups -OCH3 is 2. The van der Waals surface area contributed by atoms with E-state index in [1.807, 2.05) is 42.5 Å². The monoisotopic (exact) mass is 416 g/mol. The Kier molecular flexibility index (Phi) is 7.92. The second-order valence-electron chi connectivity index (χ2n) is 6.05. The molecule has 0 saturated heterocycles. The van der Waals surface area contributed by atoms with Crippen LogP contribution in [0.5, 0.6) is 11.5 Å². The van der Waals surface area contributed by atoms with Crippen molar-refractivity contribution in [3.05, 3.63) is 71.8 Å². The number of ether oxygens (including phenoxy) is 2. The van der Waals surface area contributed by atoms with Gasteiger partial charge in [0.05, 0.1) is 14.2 Å². The minimum Gasteiger partial charge on any atom is -0.497 e. The van der Waals surface area contributed by atoms with Crippen molar-refractivity contribution in [2.75, 3.05) is 19.5 Å². The summed E-state index contributed by atoms with van der Waals surface area (Å²) in [5.74, 6) is 1.77. The third-order valence-electron chi connectivity index (χ3n) is 4.46. The highest BCUT2D eigenvalue weighted by Gasteiger charge is 2.27. The summed E-state index contributed by atoms with van der Waals surface area (Å²) >= 11 is 3.13. The van der Waals surface area contributed by atoms with Gasteiger partial charge in [-0.2, -0.15) is 0 Å². The van der Waals surface area contributed by atoms with Crippen LogP contribution in [0.4, 0.5) is 0 Å². The van der Waals surface area contributed by atoms with Crippen molar-refractivity contribution >= 4 is 21.7 Å². The molecule has 0 N–H and O–H groups in total. The Morgan fingerprint density at radius 1 is 1.12 bits per heavy atom. The molecule has 0 aliphatic heterocycles. The van der Waals surface area contributed by atoms with Gasteiger partial charge in [0.2, 0.25) is 0 Å². The first-order valence-electron chi connectivity index (χ1n) is 8.66. The maximum absolute atomic E-state index is 12.9. The van der Waals surface area contributed by atoms with Crippen LogP contribution in [-0.2, 0) is 6.42 Å². The predicted molar refractivity (Wildman–Crippen MR) is 110 cm³/mol. The third-order valence-corrected chi connectivity index (χ3v) is 4.92. The summed E-state index contributed by atoms with van der Waals surface area (Å²) in [6.45, 7) is 3.43. The molecule has 0 radical (unpaired) electrons. The lowest BCUT2D eigenvalue weighted by Crippen LogP contribution is -2.12. The standard InChI is InChI=1S/C19H20O3.C3H5Br/c1-21-15-8-6-13(7-9-15)17-5-3-4-14-12-16(22-2)10-11-18(14)19(17)20;1-2-3-4/h6-12,17H,3-5H2,1-2H3;2H,1,3H2. The molecule has 3 rings (SSSR count). The number of alkyl halides is 1. The molecule has 0 saturated carbocycles. The highest BCUT2D eigenvalue weighted by Crippen LogP contribution is 2.33. The largest absolute Gasteiger partial charge is 0.497 e. The summed E-state index contributed by atoms with van der Waals surface area (Å²) in [4.78, 5) is 12.9. The molecule has 0 aromatic heterocycles. The molecule has 1 atom stereocenters. The van der Waals surface area contributed by atoms with E-state index >= 15 is 0 Å². The summed E-state index contributed by atoms with van der Waals surface area (Å²) in [7, 11) is 3.30. The zero-order valence-corrected chi connectivity index (χ0v) is 16.9. The fourth-order valence-corrected chi connectivity index (χ4v) is 3.11. The van der Waals surface area contributed by atoms with Crippen molar-refractivity contribution < 1.29 is 14.3 Å². The number of hydrogen-bond acceptors (Lipinski definition) is 3. The van der Waals surface area contributed by atoms with Crippen LogP contribution < -0.4 is 9.47 Å². The average Bonchev–Trinajstić information content (AvgIpc) is 2.86. The lowest BCUT2D eigenvalue weighted by atomic mass is 9.88. The van der Waals surface area contributed by atoms with Gasteiger partial charge in [-0.3, -0.25) is 4.79 Å². The molecule has 2 aromatic carbocycles. The van der Waals surface area contributed by atoms with Crippen LogP contribution in [0.25, 0.3) is 0 Å². The van der Waals surface area contributed by atoms with E-state index in [0.717, 1.165) is 52.8 Å². The number of rotatable bonds is 4. The lowest BCUT2D eigenvalue weighted by Gasteiger charge is -2.15. The summed E-state index contributed by atoms with van der Waals surface area (Å²) in [6.07, 6.45) is 4.59. The summed E-state index contributed by atoms with van der Waals surface area (Å²) in [5.41, 5.74) is 2.99. The molecular weight excluding hydrogens is 392 g/mol. The van der Waals surface area contributed by atoms with Crippen LogP contribution in [-0.4, -0.2) is 25.3 Å². The molecule has 0 heterocycles. The molecule has 0 spiro atoms. The normalized spacial score (nSPS) is 15.8. The van der Waals surface area contributed by atoms with Crippen LogP contribution in [0.1, 0.15) is 40.2 Å². The highest BCUT2D eigenvalue weighted by molar-refractivity contribution is 9.09. The fraction of sp³-hybridized carbons (Fsp3) is 0.318. The molecule has 2 aromatic rings. The van der Waals surface area contributed by atoms with Crippen molar-refractivity contribution in [1.82, 2.24) is 0 Å². The second kappa shape index (κ2) is 10.2. The number of carbonyl (C=O) groups is 1. The Bertz CT molecular complexity index is 738. The van der Waals surface area contributed by atoms with E-state index in [1.165, 1.54) is 0 Å². The smallest absolute Gasteiger partial charge is 0.170 e. The van der Waals surface area contributed by atoms with Gasteiger partial charge < -0.3 is 9.47 Å². The van der Waals surface area contributed by atoms with Gasteiger partial charge in [-0.15, -0.1) is 6.58 Å². The minimum absolute atomic E-state index is 0.0689.